The average molecular weight is 316 g/mol. The normalized spacial score (nSPS) is 14.0. The third kappa shape index (κ3) is 4.37. The minimum Gasteiger partial charge on any atom is -0.490 e. The summed E-state index contributed by atoms with van der Waals surface area (Å²) in [7, 11) is 0. The van der Waals surface area contributed by atoms with Gasteiger partial charge < -0.3 is 15.0 Å². The van der Waals surface area contributed by atoms with Crippen LogP contribution >= 0.6 is 0 Å². The number of carbonyl (C=O) groups is 2. The van der Waals surface area contributed by atoms with Gasteiger partial charge in [-0.1, -0.05) is 12.1 Å². The second-order valence-corrected chi connectivity index (χ2v) is 4.75. The Morgan fingerprint density at radius 1 is 1.23 bits per heavy atom. The minimum atomic E-state index is -4.46. The zero-order valence-electron chi connectivity index (χ0n) is 11.7. The molecule has 1 heterocycles. The van der Waals surface area contributed by atoms with Gasteiger partial charge in [0.2, 0.25) is 11.8 Å². The van der Waals surface area contributed by atoms with E-state index in [4.69, 9.17) is 4.74 Å². The number of hydrogen-bond donors (Lipinski definition) is 1. The van der Waals surface area contributed by atoms with Crippen LogP contribution in [0.25, 0.3) is 0 Å². The molecule has 1 aliphatic heterocycles. The number of carbonyl (C=O) groups excluding carboxylic acids is 2. The van der Waals surface area contributed by atoms with E-state index in [1.807, 2.05) is 0 Å². The van der Waals surface area contributed by atoms with Gasteiger partial charge in [0.25, 0.3) is 0 Å². The first-order valence-electron chi connectivity index (χ1n) is 6.72. The van der Waals surface area contributed by atoms with Crippen LogP contribution in [-0.4, -0.2) is 37.7 Å². The van der Waals surface area contributed by atoms with Crippen molar-refractivity contribution in [3.05, 3.63) is 24.3 Å². The van der Waals surface area contributed by atoms with Gasteiger partial charge in [-0.3, -0.25) is 9.59 Å². The molecule has 8 heteroatoms. The van der Waals surface area contributed by atoms with Crippen molar-refractivity contribution < 1.29 is 27.5 Å². The fourth-order valence-electron chi connectivity index (χ4n) is 2.07. The lowest BCUT2D eigenvalue weighted by molar-refractivity contribution is -0.138. The van der Waals surface area contributed by atoms with Crippen molar-refractivity contribution in [2.75, 3.05) is 24.6 Å². The summed E-state index contributed by atoms with van der Waals surface area (Å²) in [5.41, 5.74) is 0.606. The largest absolute Gasteiger partial charge is 0.490 e. The summed E-state index contributed by atoms with van der Waals surface area (Å²) in [4.78, 5) is 24.9. The van der Waals surface area contributed by atoms with E-state index in [0.29, 0.717) is 24.6 Å². The first-order valence-corrected chi connectivity index (χ1v) is 6.72. The van der Waals surface area contributed by atoms with E-state index in [1.165, 1.54) is 4.90 Å². The van der Waals surface area contributed by atoms with E-state index in [1.54, 1.807) is 29.6 Å². The molecule has 1 aromatic rings. The highest BCUT2D eigenvalue weighted by atomic mass is 19.4. The predicted octanol–water partition coefficient (Wildman–Crippen LogP) is 1.87. The molecular formula is C14H15F3N2O3. The molecule has 0 radical (unpaired) electrons. The number of para-hydroxylation sites is 2. The predicted molar refractivity (Wildman–Crippen MR) is 72.6 cm³/mol. The number of rotatable bonds is 4. The van der Waals surface area contributed by atoms with Crippen LogP contribution in [0.15, 0.2) is 24.3 Å². The van der Waals surface area contributed by atoms with E-state index >= 15 is 0 Å². The van der Waals surface area contributed by atoms with E-state index < -0.39 is 18.6 Å². The Kier molecular flexibility index (Phi) is 4.89. The molecule has 1 N–H and O–H groups in total. The molecule has 120 valence electrons. The molecule has 2 amide bonds. The molecule has 1 aromatic carbocycles. The molecule has 0 spiro atoms. The van der Waals surface area contributed by atoms with Crippen molar-refractivity contribution in [2.45, 2.75) is 19.0 Å². The summed E-state index contributed by atoms with van der Waals surface area (Å²) in [6.45, 7) is -0.705. The summed E-state index contributed by atoms with van der Waals surface area (Å²) >= 11 is 0. The Morgan fingerprint density at radius 3 is 2.68 bits per heavy atom. The number of benzene rings is 1. The van der Waals surface area contributed by atoms with Crippen molar-refractivity contribution in [3.63, 3.8) is 0 Å². The van der Waals surface area contributed by atoms with E-state index in [2.05, 4.69) is 0 Å². The Morgan fingerprint density at radius 2 is 1.95 bits per heavy atom. The van der Waals surface area contributed by atoms with Crippen molar-refractivity contribution in [2.24, 2.45) is 0 Å². The van der Waals surface area contributed by atoms with Crippen molar-refractivity contribution in [1.29, 1.82) is 0 Å². The highest BCUT2D eigenvalue weighted by molar-refractivity contribution is 5.97. The number of hydrogen-bond acceptors (Lipinski definition) is 3. The molecule has 5 nitrogen and oxygen atoms in total. The summed E-state index contributed by atoms with van der Waals surface area (Å²) in [5, 5.41) is 1.74. The van der Waals surface area contributed by atoms with Crippen LogP contribution in [0.4, 0.5) is 18.9 Å². The maximum atomic E-state index is 12.1. The molecule has 0 bridgehead atoms. The molecule has 22 heavy (non-hydrogen) atoms. The quantitative estimate of drug-likeness (QED) is 0.922. The first-order chi connectivity index (χ1) is 10.4. The van der Waals surface area contributed by atoms with Gasteiger partial charge >= 0.3 is 6.18 Å². The van der Waals surface area contributed by atoms with Crippen molar-refractivity contribution in [3.8, 4) is 5.75 Å². The van der Waals surface area contributed by atoms with E-state index in [-0.39, 0.29) is 18.7 Å². The number of nitrogens with zero attached hydrogens (tertiary/aromatic N) is 1. The molecule has 0 atom stereocenters. The average Bonchev–Trinajstić information content (AvgIpc) is 2.49. The Balaban J connectivity index is 1.87. The molecule has 0 unspecified atom stereocenters. The molecule has 1 aliphatic rings. The van der Waals surface area contributed by atoms with Gasteiger partial charge in [-0.05, 0) is 12.1 Å². The number of halogens is 3. The fourth-order valence-corrected chi connectivity index (χ4v) is 2.07. The van der Waals surface area contributed by atoms with Crippen LogP contribution in [0, 0.1) is 0 Å². The third-order valence-electron chi connectivity index (χ3n) is 3.08. The van der Waals surface area contributed by atoms with Crippen LogP contribution in [0.5, 0.6) is 5.75 Å². The standard InChI is InChI=1S/C14H15F3N2O3/c15-14(16,17)9-18-12(20)5-6-13(21)19-7-8-22-11-4-2-1-3-10(11)19/h1-4H,5-9H2,(H,18,20). The number of amides is 2. The van der Waals surface area contributed by atoms with Crippen molar-refractivity contribution in [1.82, 2.24) is 5.32 Å². The fraction of sp³-hybridized carbons (Fsp3) is 0.429. The zero-order chi connectivity index (χ0) is 16.2. The van der Waals surface area contributed by atoms with E-state index in [0.717, 1.165) is 0 Å². The monoisotopic (exact) mass is 316 g/mol. The summed E-state index contributed by atoms with van der Waals surface area (Å²) in [6.07, 6.45) is -4.89. The van der Waals surface area contributed by atoms with Crippen molar-refractivity contribution >= 4 is 17.5 Å². The SMILES string of the molecule is O=C(CCC(=O)N1CCOc2ccccc21)NCC(F)(F)F. The van der Waals surface area contributed by atoms with Crippen LogP contribution in [0.1, 0.15) is 12.8 Å². The summed E-state index contributed by atoms with van der Waals surface area (Å²) < 4.78 is 41.3. The van der Waals surface area contributed by atoms with Crippen LogP contribution < -0.4 is 15.0 Å². The Bertz CT molecular complexity index is 561. The lowest BCUT2D eigenvalue weighted by atomic mass is 10.2. The van der Waals surface area contributed by atoms with Gasteiger partial charge in [-0.15, -0.1) is 0 Å². The lowest BCUT2D eigenvalue weighted by Crippen LogP contribution is -2.39. The van der Waals surface area contributed by atoms with Crippen LogP contribution in [0.3, 0.4) is 0 Å². The molecular weight excluding hydrogens is 301 g/mol. The highest BCUT2D eigenvalue weighted by Crippen LogP contribution is 2.31. The first kappa shape index (κ1) is 16.1. The summed E-state index contributed by atoms with van der Waals surface area (Å²) in [6, 6.07) is 6.97. The number of anilines is 1. The number of ether oxygens (including phenoxy) is 1. The smallest absolute Gasteiger partial charge is 0.405 e. The molecule has 2 rings (SSSR count). The number of nitrogens with one attached hydrogen (secondary N) is 1. The second kappa shape index (κ2) is 6.67. The van der Waals surface area contributed by atoms with Gasteiger partial charge in [0.15, 0.2) is 0 Å². The highest BCUT2D eigenvalue weighted by Gasteiger charge is 2.28. The summed E-state index contributed by atoms with van der Waals surface area (Å²) in [5.74, 6) is -0.547. The second-order valence-electron chi connectivity index (χ2n) is 4.75. The van der Waals surface area contributed by atoms with Gasteiger partial charge in [0, 0.05) is 12.8 Å². The zero-order valence-corrected chi connectivity index (χ0v) is 11.7. The topological polar surface area (TPSA) is 58.6 Å². The lowest BCUT2D eigenvalue weighted by Gasteiger charge is -2.29. The molecule has 0 fully saturated rings. The molecule has 0 aliphatic carbocycles. The number of alkyl halides is 3. The third-order valence-corrected chi connectivity index (χ3v) is 3.08. The maximum absolute atomic E-state index is 12.1. The Labute approximate surface area is 125 Å². The van der Waals surface area contributed by atoms with Gasteiger partial charge in [-0.2, -0.15) is 13.2 Å². The van der Waals surface area contributed by atoms with Gasteiger partial charge in [0.05, 0.1) is 12.2 Å². The Hall–Kier alpha value is -2.25. The minimum absolute atomic E-state index is 0.155. The number of fused-ring (bicyclic) bond motifs is 1. The van der Waals surface area contributed by atoms with Crippen LogP contribution in [0.2, 0.25) is 0 Å². The van der Waals surface area contributed by atoms with Gasteiger partial charge in [-0.25, -0.2) is 0 Å². The maximum Gasteiger partial charge on any atom is 0.405 e. The van der Waals surface area contributed by atoms with E-state index in [9.17, 15) is 22.8 Å². The van der Waals surface area contributed by atoms with Gasteiger partial charge in [0.1, 0.15) is 18.9 Å². The molecule has 0 aromatic heterocycles. The molecule has 0 saturated heterocycles. The van der Waals surface area contributed by atoms with Crippen LogP contribution in [-0.2, 0) is 9.59 Å². The molecule has 0 saturated carbocycles.